The van der Waals surface area contributed by atoms with Gasteiger partial charge in [0.25, 0.3) is 15.0 Å². The van der Waals surface area contributed by atoms with Crippen molar-refractivity contribution in [1.29, 1.82) is 0 Å². The van der Waals surface area contributed by atoms with E-state index in [1.807, 2.05) is 6.92 Å². The Labute approximate surface area is 132 Å². The van der Waals surface area contributed by atoms with E-state index in [0.29, 0.717) is 6.54 Å². The molecule has 1 unspecified atom stereocenters. The van der Waals surface area contributed by atoms with Crippen LogP contribution < -0.4 is 0 Å². The highest BCUT2D eigenvalue weighted by Crippen LogP contribution is 2.32. The number of amides is 1. The molecule has 1 atom stereocenters. The molecule has 1 aromatic carbocycles. The molecule has 0 aromatic heterocycles. The van der Waals surface area contributed by atoms with Crippen LogP contribution in [0.4, 0.5) is 0 Å². The normalized spacial score (nSPS) is 19.4. The highest BCUT2D eigenvalue weighted by atomic mass is 35.7. The van der Waals surface area contributed by atoms with E-state index in [2.05, 4.69) is 0 Å². The zero-order valence-electron chi connectivity index (χ0n) is 10.6. The molecule has 0 N–H and O–H groups in total. The molecule has 1 heterocycles. The number of rotatable bonds is 2. The van der Waals surface area contributed by atoms with Gasteiger partial charge in [0.05, 0.1) is 20.5 Å². The molecule has 0 saturated carbocycles. The van der Waals surface area contributed by atoms with Crippen LogP contribution in [0, 0.1) is 0 Å². The number of benzene rings is 1. The number of carbonyl (C=O) groups excluding carboxylic acids is 1. The minimum absolute atomic E-state index is 0.0106. The molecular weight excluding hydrogens is 345 g/mol. The van der Waals surface area contributed by atoms with Gasteiger partial charge in [0.1, 0.15) is 0 Å². The first-order chi connectivity index (χ1) is 9.21. The first kappa shape index (κ1) is 15.9. The van der Waals surface area contributed by atoms with Gasteiger partial charge in [-0.3, -0.25) is 4.79 Å². The third-order valence-corrected chi connectivity index (χ3v) is 5.46. The fourth-order valence-corrected chi connectivity index (χ4v) is 3.51. The van der Waals surface area contributed by atoms with Gasteiger partial charge in [-0.05, 0) is 31.9 Å². The van der Waals surface area contributed by atoms with Gasteiger partial charge in [0.2, 0.25) is 0 Å². The summed E-state index contributed by atoms with van der Waals surface area (Å²) < 4.78 is 22.8. The van der Waals surface area contributed by atoms with E-state index in [-0.39, 0.29) is 32.5 Å². The average molecular weight is 357 g/mol. The van der Waals surface area contributed by atoms with Crippen LogP contribution in [0.15, 0.2) is 17.0 Å². The van der Waals surface area contributed by atoms with Crippen LogP contribution in [0.1, 0.15) is 30.1 Å². The zero-order valence-corrected chi connectivity index (χ0v) is 13.7. The van der Waals surface area contributed by atoms with Crippen molar-refractivity contribution in [3.8, 4) is 0 Å². The molecule has 0 spiro atoms. The Balaban J connectivity index is 2.50. The maximum Gasteiger partial charge on any atom is 0.261 e. The summed E-state index contributed by atoms with van der Waals surface area (Å²) in [4.78, 5) is 13.9. The second-order valence-corrected chi connectivity index (χ2v) is 8.05. The van der Waals surface area contributed by atoms with Crippen molar-refractivity contribution >= 4 is 48.8 Å². The lowest BCUT2D eigenvalue weighted by Crippen LogP contribution is -2.33. The molecule has 20 heavy (non-hydrogen) atoms. The summed E-state index contributed by atoms with van der Waals surface area (Å²) in [6.07, 6.45) is 1.82. The quantitative estimate of drug-likeness (QED) is 0.762. The Morgan fingerprint density at radius 3 is 2.50 bits per heavy atom. The third-order valence-electron chi connectivity index (χ3n) is 3.33. The monoisotopic (exact) mass is 355 g/mol. The summed E-state index contributed by atoms with van der Waals surface area (Å²) in [5.74, 6) is -0.330. The van der Waals surface area contributed by atoms with Crippen LogP contribution in [-0.2, 0) is 9.05 Å². The minimum Gasteiger partial charge on any atom is -0.336 e. The van der Waals surface area contributed by atoms with Gasteiger partial charge in [-0.15, -0.1) is 0 Å². The van der Waals surface area contributed by atoms with Crippen LogP contribution in [0.3, 0.4) is 0 Å². The second kappa shape index (κ2) is 5.72. The molecule has 1 aliphatic rings. The number of likely N-dealkylation sites (tertiary alicyclic amines) is 1. The van der Waals surface area contributed by atoms with Crippen LogP contribution in [0.25, 0.3) is 0 Å². The molecule has 1 aromatic rings. The van der Waals surface area contributed by atoms with Gasteiger partial charge in [-0.2, -0.15) is 0 Å². The van der Waals surface area contributed by atoms with E-state index in [9.17, 15) is 13.2 Å². The molecule has 8 heteroatoms. The highest BCUT2D eigenvalue weighted by molar-refractivity contribution is 8.13. The Morgan fingerprint density at radius 1 is 1.35 bits per heavy atom. The van der Waals surface area contributed by atoms with Gasteiger partial charge >= 0.3 is 0 Å². The van der Waals surface area contributed by atoms with Gasteiger partial charge < -0.3 is 4.90 Å². The van der Waals surface area contributed by atoms with Gasteiger partial charge in [-0.1, -0.05) is 23.2 Å². The zero-order chi connectivity index (χ0) is 15.1. The summed E-state index contributed by atoms with van der Waals surface area (Å²) >= 11 is 11.9. The number of carbonyl (C=O) groups is 1. The van der Waals surface area contributed by atoms with Crippen molar-refractivity contribution in [2.75, 3.05) is 6.54 Å². The molecule has 4 nitrogen and oxygen atoms in total. The van der Waals surface area contributed by atoms with E-state index in [1.165, 1.54) is 6.07 Å². The van der Waals surface area contributed by atoms with Crippen LogP contribution in [-0.4, -0.2) is 31.8 Å². The van der Waals surface area contributed by atoms with Crippen molar-refractivity contribution in [3.05, 3.63) is 27.7 Å². The largest absolute Gasteiger partial charge is 0.336 e. The number of hydrogen-bond acceptors (Lipinski definition) is 3. The molecule has 0 radical (unpaired) electrons. The highest BCUT2D eigenvalue weighted by Gasteiger charge is 2.29. The van der Waals surface area contributed by atoms with Crippen molar-refractivity contribution < 1.29 is 13.2 Å². The lowest BCUT2D eigenvalue weighted by atomic mass is 10.2. The number of hydrogen-bond donors (Lipinski definition) is 0. The molecule has 0 aliphatic carbocycles. The van der Waals surface area contributed by atoms with Crippen LogP contribution in [0.2, 0.25) is 10.0 Å². The third kappa shape index (κ3) is 3.06. The molecule has 1 amide bonds. The summed E-state index contributed by atoms with van der Waals surface area (Å²) in [5.41, 5.74) is 0.0622. The summed E-state index contributed by atoms with van der Waals surface area (Å²) in [7, 11) is 1.32. The van der Waals surface area contributed by atoms with Crippen molar-refractivity contribution in [1.82, 2.24) is 4.90 Å². The second-order valence-electron chi connectivity index (χ2n) is 4.69. The summed E-state index contributed by atoms with van der Waals surface area (Å²) in [6.45, 7) is 2.55. The first-order valence-corrected chi connectivity index (χ1v) is 9.03. The fraction of sp³-hybridized carbons (Fsp3) is 0.417. The SMILES string of the molecule is CC1CCCN1C(=O)c1cc(S(=O)(=O)Cl)cc(Cl)c1Cl. The van der Waals surface area contributed by atoms with E-state index in [1.54, 1.807) is 4.90 Å². The molecule has 1 aliphatic heterocycles. The van der Waals surface area contributed by atoms with E-state index < -0.39 is 9.05 Å². The Hall–Kier alpha value is -0.490. The molecular formula is C12H12Cl3NO3S. The number of halogens is 3. The average Bonchev–Trinajstić information content (AvgIpc) is 2.76. The van der Waals surface area contributed by atoms with Gasteiger partial charge in [-0.25, -0.2) is 8.42 Å². The summed E-state index contributed by atoms with van der Waals surface area (Å²) in [5, 5.41) is 0.0309. The predicted octanol–water partition coefficient (Wildman–Crippen LogP) is 3.55. The molecule has 0 bridgehead atoms. The topological polar surface area (TPSA) is 54.5 Å². The van der Waals surface area contributed by atoms with Gasteiger partial charge in [0.15, 0.2) is 0 Å². The Morgan fingerprint density at radius 2 is 2.00 bits per heavy atom. The number of nitrogens with zero attached hydrogens (tertiary/aromatic N) is 1. The first-order valence-electron chi connectivity index (χ1n) is 5.96. The maximum atomic E-state index is 12.5. The van der Waals surface area contributed by atoms with E-state index >= 15 is 0 Å². The van der Waals surface area contributed by atoms with Crippen molar-refractivity contribution in [2.24, 2.45) is 0 Å². The molecule has 1 fully saturated rings. The standard InChI is InChI=1S/C12H12Cl3NO3S/c1-7-3-2-4-16(7)12(17)9-5-8(20(15,18)19)6-10(13)11(9)14/h5-7H,2-4H2,1H3. The van der Waals surface area contributed by atoms with Crippen LogP contribution in [0.5, 0.6) is 0 Å². The Kier molecular flexibility index (Phi) is 4.54. The summed E-state index contributed by atoms with van der Waals surface area (Å²) in [6, 6.07) is 2.40. The van der Waals surface area contributed by atoms with E-state index in [4.69, 9.17) is 33.9 Å². The maximum absolute atomic E-state index is 12.5. The lowest BCUT2D eigenvalue weighted by Gasteiger charge is -2.22. The van der Waals surface area contributed by atoms with Crippen LogP contribution >= 0.6 is 33.9 Å². The molecule has 110 valence electrons. The van der Waals surface area contributed by atoms with E-state index in [0.717, 1.165) is 18.9 Å². The molecule has 1 saturated heterocycles. The van der Waals surface area contributed by atoms with Crippen molar-refractivity contribution in [3.63, 3.8) is 0 Å². The molecule has 2 rings (SSSR count). The minimum atomic E-state index is -3.98. The fourth-order valence-electron chi connectivity index (χ4n) is 2.25. The predicted molar refractivity (Wildman–Crippen MR) is 79.2 cm³/mol. The Bertz CT molecular complexity index is 660. The lowest BCUT2D eigenvalue weighted by molar-refractivity contribution is 0.0747. The van der Waals surface area contributed by atoms with Crippen molar-refractivity contribution in [2.45, 2.75) is 30.7 Å². The smallest absolute Gasteiger partial charge is 0.261 e. The van der Waals surface area contributed by atoms with Gasteiger partial charge in [0, 0.05) is 23.3 Å².